The van der Waals surface area contributed by atoms with Crippen LogP contribution in [0.2, 0.25) is 0 Å². The van der Waals surface area contributed by atoms with Crippen molar-refractivity contribution in [1.82, 2.24) is 0 Å². The number of hydrogen-bond donors (Lipinski definition) is 1. The molecule has 1 heterocycles. The molecule has 0 radical (unpaired) electrons. The van der Waals surface area contributed by atoms with Crippen molar-refractivity contribution in [3.63, 3.8) is 0 Å². The topological polar surface area (TPSA) is 57.7 Å². The first-order chi connectivity index (χ1) is 11.4. The third-order valence-electron chi connectivity index (χ3n) is 3.96. The van der Waals surface area contributed by atoms with Gasteiger partial charge in [-0.1, -0.05) is 39.9 Å². The molecule has 3 rings (SSSR count). The van der Waals surface area contributed by atoms with Crippen LogP contribution in [0.3, 0.4) is 0 Å². The van der Waals surface area contributed by atoms with Crippen molar-refractivity contribution in [3.05, 3.63) is 62.4 Å². The summed E-state index contributed by atoms with van der Waals surface area (Å²) in [6, 6.07) is 10.6. The van der Waals surface area contributed by atoms with Crippen molar-refractivity contribution in [2.45, 2.75) is 13.5 Å². The predicted octanol–water partition coefficient (Wildman–Crippen LogP) is 2.25. The molecule has 4 nitrogen and oxygen atoms in total. The molecule has 0 aliphatic carbocycles. The van der Waals surface area contributed by atoms with Gasteiger partial charge in [-0.05, 0) is 30.7 Å². The SMILES string of the molecule is Cc1oc2c(C[NH+](C)C)c([O-])ccc2c(=O)c1-c1ccc(Br)cc1. The van der Waals surface area contributed by atoms with Gasteiger partial charge in [0.1, 0.15) is 17.9 Å². The molecule has 0 saturated heterocycles. The van der Waals surface area contributed by atoms with E-state index in [0.29, 0.717) is 34.4 Å². The van der Waals surface area contributed by atoms with E-state index < -0.39 is 0 Å². The fourth-order valence-electron chi connectivity index (χ4n) is 2.88. The molecule has 0 fully saturated rings. The second-order valence-electron chi connectivity index (χ2n) is 6.17. The summed E-state index contributed by atoms with van der Waals surface area (Å²) in [4.78, 5) is 14.1. The minimum absolute atomic E-state index is 0.0948. The number of nitrogens with one attached hydrogen (secondary N) is 1. The van der Waals surface area contributed by atoms with Crippen molar-refractivity contribution >= 4 is 26.9 Å². The Balaban J connectivity index is 2.31. The zero-order chi connectivity index (χ0) is 17.4. The number of hydrogen-bond acceptors (Lipinski definition) is 3. The van der Waals surface area contributed by atoms with Crippen LogP contribution < -0.4 is 15.4 Å². The molecule has 1 N–H and O–H groups in total. The van der Waals surface area contributed by atoms with Gasteiger partial charge < -0.3 is 14.4 Å². The van der Waals surface area contributed by atoms with Crippen LogP contribution in [0.15, 0.2) is 50.1 Å². The lowest BCUT2D eigenvalue weighted by molar-refractivity contribution is -0.872. The molecule has 0 aliphatic rings. The Labute approximate surface area is 148 Å². The molecule has 0 bridgehead atoms. The summed E-state index contributed by atoms with van der Waals surface area (Å²) in [7, 11) is 3.92. The number of aryl methyl sites for hydroxylation is 1. The average molecular weight is 388 g/mol. The summed E-state index contributed by atoms with van der Waals surface area (Å²) < 4.78 is 6.89. The molecule has 5 heteroatoms. The van der Waals surface area contributed by atoms with Gasteiger partial charge in [0.05, 0.1) is 25.0 Å². The third-order valence-corrected chi connectivity index (χ3v) is 4.49. The maximum Gasteiger partial charge on any atom is 0.200 e. The molecule has 1 aromatic heterocycles. The lowest BCUT2D eigenvalue weighted by Crippen LogP contribution is -3.04. The molecule has 124 valence electrons. The van der Waals surface area contributed by atoms with E-state index in [1.165, 1.54) is 6.07 Å². The second kappa shape index (κ2) is 6.42. The van der Waals surface area contributed by atoms with Crippen LogP contribution in [0.5, 0.6) is 5.75 Å². The van der Waals surface area contributed by atoms with Gasteiger partial charge in [0.15, 0.2) is 0 Å². The van der Waals surface area contributed by atoms with E-state index in [-0.39, 0.29) is 11.2 Å². The first kappa shape index (κ1) is 16.7. The summed E-state index contributed by atoms with van der Waals surface area (Å²) in [5, 5.41) is 12.7. The molecule has 2 aromatic carbocycles. The monoisotopic (exact) mass is 387 g/mol. The molecule has 0 amide bonds. The summed E-state index contributed by atoms with van der Waals surface area (Å²) >= 11 is 3.40. The molecular formula is C19H18BrNO3. The number of fused-ring (bicyclic) bond motifs is 1. The highest BCUT2D eigenvalue weighted by Crippen LogP contribution is 2.29. The van der Waals surface area contributed by atoms with Gasteiger partial charge in [-0.25, -0.2) is 0 Å². The van der Waals surface area contributed by atoms with Crippen molar-refractivity contribution in [1.29, 1.82) is 0 Å². The number of rotatable bonds is 3. The Hall–Kier alpha value is -2.11. The van der Waals surface area contributed by atoms with Gasteiger partial charge in [0.2, 0.25) is 5.43 Å². The highest BCUT2D eigenvalue weighted by Gasteiger charge is 2.17. The summed E-state index contributed by atoms with van der Waals surface area (Å²) in [5.41, 5.74) is 2.20. The standard InChI is InChI=1S/C19H18BrNO3/c1-11-17(12-4-6-13(20)7-5-12)18(23)14-8-9-16(22)15(10-21(2)3)19(14)24-11/h4-9,22H,10H2,1-3H3. The van der Waals surface area contributed by atoms with Crippen molar-refractivity contribution in [3.8, 4) is 16.9 Å². The zero-order valence-electron chi connectivity index (χ0n) is 13.8. The van der Waals surface area contributed by atoms with Gasteiger partial charge in [-0.15, -0.1) is 0 Å². The number of quaternary nitrogens is 1. The Bertz CT molecular complexity index is 959. The maximum atomic E-state index is 13.0. The Kier molecular flexibility index (Phi) is 4.47. The molecule has 0 unspecified atom stereocenters. The van der Waals surface area contributed by atoms with E-state index >= 15 is 0 Å². The molecule has 24 heavy (non-hydrogen) atoms. The normalized spacial score (nSPS) is 11.4. The van der Waals surface area contributed by atoms with Crippen molar-refractivity contribution < 1.29 is 14.4 Å². The van der Waals surface area contributed by atoms with Gasteiger partial charge >= 0.3 is 0 Å². The number of benzene rings is 2. The van der Waals surface area contributed by atoms with E-state index in [4.69, 9.17) is 4.42 Å². The summed E-state index contributed by atoms with van der Waals surface area (Å²) in [6.45, 7) is 2.28. The van der Waals surface area contributed by atoms with Crippen LogP contribution in [-0.4, -0.2) is 14.1 Å². The van der Waals surface area contributed by atoms with Gasteiger partial charge in [0.25, 0.3) is 0 Å². The quantitative estimate of drug-likeness (QED) is 0.749. The third kappa shape index (κ3) is 2.97. The van der Waals surface area contributed by atoms with E-state index in [9.17, 15) is 9.90 Å². The van der Waals surface area contributed by atoms with Crippen molar-refractivity contribution in [2.24, 2.45) is 0 Å². The predicted molar refractivity (Wildman–Crippen MR) is 96.3 cm³/mol. The fourth-order valence-corrected chi connectivity index (χ4v) is 3.14. The lowest BCUT2D eigenvalue weighted by atomic mass is 10.0. The molecule has 0 atom stereocenters. The largest absolute Gasteiger partial charge is 0.872 e. The Morgan fingerprint density at radius 1 is 1.12 bits per heavy atom. The zero-order valence-corrected chi connectivity index (χ0v) is 15.4. The van der Waals surface area contributed by atoms with E-state index in [0.717, 1.165) is 14.9 Å². The summed E-state index contributed by atoms with van der Waals surface area (Å²) in [6.07, 6.45) is 0. The maximum absolute atomic E-state index is 13.0. The van der Waals surface area contributed by atoms with Crippen LogP contribution in [0.1, 0.15) is 11.3 Å². The average Bonchev–Trinajstić information content (AvgIpc) is 2.52. The van der Waals surface area contributed by atoms with E-state index in [1.54, 1.807) is 13.0 Å². The van der Waals surface area contributed by atoms with Crippen LogP contribution in [0, 0.1) is 6.92 Å². The fraction of sp³-hybridized carbons (Fsp3) is 0.211. The van der Waals surface area contributed by atoms with Crippen LogP contribution in [-0.2, 0) is 6.54 Å². The molecule has 0 saturated carbocycles. The van der Waals surface area contributed by atoms with Crippen LogP contribution in [0.4, 0.5) is 0 Å². The van der Waals surface area contributed by atoms with Gasteiger partial charge in [0, 0.05) is 10.0 Å². The lowest BCUT2D eigenvalue weighted by Gasteiger charge is -2.18. The summed E-state index contributed by atoms with van der Waals surface area (Å²) in [5.74, 6) is 0.429. The molecule has 0 aliphatic heterocycles. The minimum atomic E-state index is -0.105. The van der Waals surface area contributed by atoms with E-state index in [1.807, 2.05) is 38.4 Å². The van der Waals surface area contributed by atoms with Crippen LogP contribution in [0.25, 0.3) is 22.1 Å². The Morgan fingerprint density at radius 2 is 1.79 bits per heavy atom. The molecular weight excluding hydrogens is 370 g/mol. The first-order valence-corrected chi connectivity index (χ1v) is 8.49. The first-order valence-electron chi connectivity index (χ1n) is 7.69. The van der Waals surface area contributed by atoms with Crippen LogP contribution >= 0.6 is 15.9 Å². The molecule has 3 aromatic rings. The highest BCUT2D eigenvalue weighted by atomic mass is 79.9. The second-order valence-corrected chi connectivity index (χ2v) is 7.09. The number of halogens is 1. The van der Waals surface area contributed by atoms with Gasteiger partial charge in [-0.3, -0.25) is 4.79 Å². The van der Waals surface area contributed by atoms with Gasteiger partial charge in [-0.2, -0.15) is 0 Å². The molecule has 0 spiro atoms. The Morgan fingerprint density at radius 3 is 2.42 bits per heavy atom. The smallest absolute Gasteiger partial charge is 0.200 e. The minimum Gasteiger partial charge on any atom is -0.872 e. The highest BCUT2D eigenvalue weighted by molar-refractivity contribution is 9.10. The van der Waals surface area contributed by atoms with E-state index in [2.05, 4.69) is 15.9 Å². The van der Waals surface area contributed by atoms with Crippen molar-refractivity contribution in [2.75, 3.05) is 14.1 Å².